The van der Waals surface area contributed by atoms with E-state index < -0.39 is 5.41 Å². The molecule has 2 aliphatic rings. The van der Waals surface area contributed by atoms with Crippen LogP contribution in [0.25, 0.3) is 0 Å². The molecule has 1 unspecified atom stereocenters. The van der Waals surface area contributed by atoms with Gasteiger partial charge < -0.3 is 9.80 Å². The molecule has 0 radical (unpaired) electrons. The first-order valence-corrected chi connectivity index (χ1v) is 10.0. The van der Waals surface area contributed by atoms with Crippen LogP contribution in [-0.2, 0) is 16.1 Å². The quantitative estimate of drug-likeness (QED) is 0.794. The van der Waals surface area contributed by atoms with Gasteiger partial charge in [0.25, 0.3) is 0 Å². The third-order valence-corrected chi connectivity index (χ3v) is 6.10. The summed E-state index contributed by atoms with van der Waals surface area (Å²) in [5.41, 5.74) is 1.51. The van der Waals surface area contributed by atoms with Crippen molar-refractivity contribution in [2.24, 2.45) is 5.41 Å². The van der Waals surface area contributed by atoms with E-state index in [-0.39, 0.29) is 11.8 Å². The molecule has 1 atom stereocenters. The van der Waals surface area contributed by atoms with Gasteiger partial charge in [-0.25, -0.2) is 0 Å². The molecule has 0 aromatic carbocycles. The Labute approximate surface area is 162 Å². The summed E-state index contributed by atoms with van der Waals surface area (Å²) in [7, 11) is 1.97. The Kier molecular flexibility index (Phi) is 5.84. The normalized spacial score (nSPS) is 23.1. The highest BCUT2D eigenvalue weighted by atomic mass is 16.2. The van der Waals surface area contributed by atoms with Crippen LogP contribution in [0.2, 0.25) is 0 Å². The molecular formula is C21H32N4O2. The molecule has 2 aliphatic heterocycles. The number of pyridine rings is 1. The topological polar surface area (TPSA) is 56.8 Å². The fraction of sp³-hybridized carbons (Fsp3) is 0.667. The Morgan fingerprint density at radius 3 is 2.78 bits per heavy atom. The minimum Gasteiger partial charge on any atom is -0.341 e. The molecular weight excluding hydrogens is 340 g/mol. The number of likely N-dealkylation sites (N-methyl/N-ethyl adjacent to an activating group) is 1. The first-order chi connectivity index (χ1) is 12.8. The number of carbonyl (C=O) groups excluding carboxylic acids is 2. The molecule has 27 heavy (non-hydrogen) atoms. The molecule has 0 bridgehead atoms. The number of carbonyl (C=O) groups is 2. The van der Waals surface area contributed by atoms with E-state index in [1.165, 1.54) is 0 Å². The summed E-state index contributed by atoms with van der Waals surface area (Å²) >= 11 is 0. The van der Waals surface area contributed by atoms with Gasteiger partial charge in [-0.15, -0.1) is 0 Å². The molecule has 0 saturated carbocycles. The fourth-order valence-corrected chi connectivity index (χ4v) is 4.15. The summed E-state index contributed by atoms with van der Waals surface area (Å²) in [6, 6.07) is 6.26. The van der Waals surface area contributed by atoms with Gasteiger partial charge in [-0.1, -0.05) is 6.07 Å². The van der Waals surface area contributed by atoms with Crippen molar-refractivity contribution in [3.8, 4) is 0 Å². The van der Waals surface area contributed by atoms with Crippen LogP contribution in [0.1, 0.15) is 44.5 Å². The van der Waals surface area contributed by atoms with E-state index in [4.69, 9.17) is 0 Å². The molecule has 6 heteroatoms. The number of aromatic nitrogens is 1. The number of rotatable bonds is 5. The molecule has 3 rings (SSSR count). The minimum absolute atomic E-state index is 0.136. The lowest BCUT2D eigenvalue weighted by atomic mass is 9.78. The Bertz CT molecular complexity index is 705. The lowest BCUT2D eigenvalue weighted by molar-refractivity contribution is -0.144. The first kappa shape index (κ1) is 19.8. The van der Waals surface area contributed by atoms with Crippen molar-refractivity contribution in [3.63, 3.8) is 0 Å². The van der Waals surface area contributed by atoms with Crippen LogP contribution in [0.5, 0.6) is 0 Å². The summed E-state index contributed by atoms with van der Waals surface area (Å²) in [6.45, 7) is 9.20. The molecule has 0 N–H and O–H groups in total. The van der Waals surface area contributed by atoms with Crippen molar-refractivity contribution >= 4 is 11.8 Å². The van der Waals surface area contributed by atoms with Gasteiger partial charge in [0.2, 0.25) is 11.8 Å². The molecule has 6 nitrogen and oxygen atoms in total. The number of piperidine rings is 1. The van der Waals surface area contributed by atoms with E-state index in [0.29, 0.717) is 25.7 Å². The summed E-state index contributed by atoms with van der Waals surface area (Å²) < 4.78 is 0. The van der Waals surface area contributed by atoms with Gasteiger partial charge >= 0.3 is 0 Å². The van der Waals surface area contributed by atoms with Gasteiger partial charge in [0.1, 0.15) is 0 Å². The Morgan fingerprint density at radius 2 is 2.07 bits per heavy atom. The van der Waals surface area contributed by atoms with Crippen molar-refractivity contribution in [3.05, 3.63) is 29.6 Å². The summed E-state index contributed by atoms with van der Waals surface area (Å²) in [5, 5.41) is 0. The maximum atomic E-state index is 13.2. The van der Waals surface area contributed by atoms with Gasteiger partial charge in [0, 0.05) is 31.4 Å². The molecule has 2 amide bonds. The van der Waals surface area contributed by atoms with Gasteiger partial charge in [0.05, 0.1) is 24.2 Å². The van der Waals surface area contributed by atoms with Gasteiger partial charge in [0.15, 0.2) is 0 Å². The van der Waals surface area contributed by atoms with Gasteiger partial charge in [-0.2, -0.15) is 0 Å². The number of nitrogens with zero attached hydrogens (tertiary/aromatic N) is 4. The Hall–Kier alpha value is -1.95. The summed E-state index contributed by atoms with van der Waals surface area (Å²) in [4.78, 5) is 36.4. The summed E-state index contributed by atoms with van der Waals surface area (Å²) in [5.74, 6) is 0.331. The van der Waals surface area contributed by atoms with E-state index in [1.807, 2.05) is 42.0 Å². The number of amides is 2. The molecule has 1 spiro atoms. The highest BCUT2D eigenvalue weighted by Gasteiger charge is 2.49. The van der Waals surface area contributed by atoms with Gasteiger partial charge in [-0.3, -0.25) is 19.5 Å². The summed E-state index contributed by atoms with van der Waals surface area (Å²) in [6.07, 6.45) is 2.62. The maximum absolute atomic E-state index is 13.2. The predicted molar refractivity (Wildman–Crippen MR) is 105 cm³/mol. The predicted octanol–water partition coefficient (Wildman–Crippen LogP) is 2.07. The zero-order chi connectivity index (χ0) is 19.6. The van der Waals surface area contributed by atoms with Crippen molar-refractivity contribution in [2.45, 2.75) is 52.6 Å². The van der Waals surface area contributed by atoms with Crippen LogP contribution in [0.3, 0.4) is 0 Å². The van der Waals surface area contributed by atoms with Crippen LogP contribution in [0.4, 0.5) is 0 Å². The molecule has 2 saturated heterocycles. The van der Waals surface area contributed by atoms with Crippen LogP contribution in [0, 0.1) is 12.3 Å². The maximum Gasteiger partial charge on any atom is 0.236 e. The van der Waals surface area contributed by atoms with Crippen molar-refractivity contribution in [1.82, 2.24) is 19.7 Å². The molecule has 1 aromatic heterocycles. The van der Waals surface area contributed by atoms with E-state index in [0.717, 1.165) is 43.7 Å². The van der Waals surface area contributed by atoms with Crippen LogP contribution in [0.15, 0.2) is 18.2 Å². The number of likely N-dealkylation sites (tertiary alicyclic amines) is 2. The Morgan fingerprint density at radius 1 is 1.30 bits per heavy atom. The highest BCUT2D eigenvalue weighted by Crippen LogP contribution is 2.40. The van der Waals surface area contributed by atoms with Crippen molar-refractivity contribution in [2.75, 3.05) is 33.2 Å². The Balaban J connectivity index is 1.65. The van der Waals surface area contributed by atoms with Crippen molar-refractivity contribution in [1.29, 1.82) is 0 Å². The lowest BCUT2D eigenvalue weighted by Gasteiger charge is -2.39. The zero-order valence-corrected chi connectivity index (χ0v) is 17.1. The van der Waals surface area contributed by atoms with Gasteiger partial charge in [-0.05, 0) is 59.2 Å². The third kappa shape index (κ3) is 4.32. The van der Waals surface area contributed by atoms with E-state index >= 15 is 0 Å². The van der Waals surface area contributed by atoms with Crippen LogP contribution < -0.4 is 0 Å². The second kappa shape index (κ2) is 7.97. The van der Waals surface area contributed by atoms with Crippen LogP contribution >= 0.6 is 0 Å². The standard InChI is InChI=1S/C21H32N4O2/c1-16(2)23(4)14-19(26)25-11-6-9-21(15-25)10-12-24(20(21)27)13-18-8-5-7-17(3)22-18/h5,7-8,16H,6,9-15H2,1-4H3. The lowest BCUT2D eigenvalue weighted by Crippen LogP contribution is -2.52. The molecule has 0 aliphatic carbocycles. The second-order valence-electron chi connectivity index (χ2n) is 8.46. The smallest absolute Gasteiger partial charge is 0.236 e. The molecule has 148 valence electrons. The fourth-order valence-electron chi connectivity index (χ4n) is 4.15. The zero-order valence-electron chi connectivity index (χ0n) is 17.1. The van der Waals surface area contributed by atoms with E-state index in [2.05, 4.69) is 23.7 Å². The number of hydrogen-bond donors (Lipinski definition) is 0. The first-order valence-electron chi connectivity index (χ1n) is 10.0. The largest absolute Gasteiger partial charge is 0.341 e. The average molecular weight is 373 g/mol. The number of aryl methyl sites for hydroxylation is 1. The molecule has 3 heterocycles. The van der Waals surface area contributed by atoms with E-state index in [1.54, 1.807) is 0 Å². The monoisotopic (exact) mass is 372 g/mol. The third-order valence-electron chi connectivity index (χ3n) is 6.10. The van der Waals surface area contributed by atoms with Crippen LogP contribution in [-0.4, -0.2) is 70.8 Å². The minimum atomic E-state index is -0.395. The molecule has 2 fully saturated rings. The average Bonchev–Trinajstić information content (AvgIpc) is 2.91. The highest BCUT2D eigenvalue weighted by molar-refractivity contribution is 5.86. The number of hydrogen-bond acceptors (Lipinski definition) is 4. The SMILES string of the molecule is Cc1cccc(CN2CCC3(CCCN(C(=O)CN(C)C(C)C)C3)C2=O)n1. The van der Waals surface area contributed by atoms with Crippen molar-refractivity contribution < 1.29 is 9.59 Å². The van der Waals surface area contributed by atoms with E-state index in [9.17, 15) is 9.59 Å². The second-order valence-corrected chi connectivity index (χ2v) is 8.46. The molecule has 1 aromatic rings.